The second-order valence-electron chi connectivity index (χ2n) is 7.91. The summed E-state index contributed by atoms with van der Waals surface area (Å²) >= 11 is 6.14. The van der Waals surface area contributed by atoms with Crippen LogP contribution in [0.1, 0.15) is 31.9 Å². The Labute approximate surface area is 192 Å². The lowest BCUT2D eigenvalue weighted by Gasteiger charge is -2.18. The van der Waals surface area contributed by atoms with Crippen molar-refractivity contribution in [3.05, 3.63) is 59.2 Å². The molecule has 1 fully saturated rings. The summed E-state index contributed by atoms with van der Waals surface area (Å²) in [7, 11) is -3.53. The molecular formula is C23H25ClN2O5S. The van der Waals surface area contributed by atoms with Crippen molar-refractivity contribution in [1.29, 1.82) is 0 Å². The highest BCUT2D eigenvalue weighted by Gasteiger charge is 2.34. The average Bonchev–Trinajstić information content (AvgIpc) is 3.34. The molecule has 32 heavy (non-hydrogen) atoms. The molecule has 7 nitrogen and oxygen atoms in total. The van der Waals surface area contributed by atoms with Crippen molar-refractivity contribution in [3.8, 4) is 5.75 Å². The maximum atomic E-state index is 13.1. The fraction of sp³-hybridized carbons (Fsp3) is 0.348. The lowest BCUT2D eigenvalue weighted by atomic mass is 10.2. The fourth-order valence-corrected chi connectivity index (χ4v) is 5.63. The maximum absolute atomic E-state index is 13.1. The SMILES string of the molecule is Cc1cn(C2CCN(S(=O)(=O)c3ccc(OC(C)C)cc3)C2)c2ccc(Cl)cc12.O=C=O. The number of hydrogen-bond donors (Lipinski definition) is 0. The Kier molecular flexibility index (Phi) is 7.41. The third-order valence-corrected chi connectivity index (χ3v) is 7.46. The van der Waals surface area contributed by atoms with Crippen LogP contribution in [-0.4, -0.2) is 42.6 Å². The molecule has 4 rings (SSSR count). The first kappa shape index (κ1) is 24.0. The van der Waals surface area contributed by atoms with Crippen LogP contribution in [0.25, 0.3) is 10.9 Å². The monoisotopic (exact) mass is 476 g/mol. The Hall–Kier alpha value is -2.64. The first-order chi connectivity index (χ1) is 15.2. The normalized spacial score (nSPS) is 16.6. The highest BCUT2D eigenvalue weighted by molar-refractivity contribution is 7.89. The van der Waals surface area contributed by atoms with Gasteiger partial charge in [0, 0.05) is 41.3 Å². The number of halogens is 1. The lowest BCUT2D eigenvalue weighted by Crippen LogP contribution is -2.29. The van der Waals surface area contributed by atoms with Gasteiger partial charge < -0.3 is 9.30 Å². The van der Waals surface area contributed by atoms with Crippen molar-refractivity contribution in [2.75, 3.05) is 13.1 Å². The van der Waals surface area contributed by atoms with Crippen molar-refractivity contribution in [3.63, 3.8) is 0 Å². The molecule has 1 atom stereocenters. The summed E-state index contributed by atoms with van der Waals surface area (Å²) < 4.78 is 35.6. The molecule has 0 N–H and O–H groups in total. The number of ether oxygens (including phenoxy) is 1. The number of hydrogen-bond acceptors (Lipinski definition) is 5. The van der Waals surface area contributed by atoms with Crippen molar-refractivity contribution in [1.82, 2.24) is 8.87 Å². The van der Waals surface area contributed by atoms with Gasteiger partial charge in [0.15, 0.2) is 0 Å². The largest absolute Gasteiger partial charge is 0.491 e. The molecule has 0 radical (unpaired) electrons. The topological polar surface area (TPSA) is 85.7 Å². The average molecular weight is 477 g/mol. The number of benzene rings is 2. The van der Waals surface area contributed by atoms with E-state index in [2.05, 4.69) is 17.7 Å². The van der Waals surface area contributed by atoms with E-state index in [-0.39, 0.29) is 18.3 Å². The second-order valence-corrected chi connectivity index (χ2v) is 10.3. The van der Waals surface area contributed by atoms with Crippen LogP contribution in [0.5, 0.6) is 5.75 Å². The van der Waals surface area contributed by atoms with E-state index in [0.29, 0.717) is 28.8 Å². The van der Waals surface area contributed by atoms with Crippen LogP contribution < -0.4 is 4.74 Å². The zero-order valence-electron chi connectivity index (χ0n) is 18.1. The molecule has 1 aliphatic rings. The summed E-state index contributed by atoms with van der Waals surface area (Å²) in [4.78, 5) is 16.6. The summed E-state index contributed by atoms with van der Waals surface area (Å²) in [5.74, 6) is 0.672. The van der Waals surface area contributed by atoms with Crippen LogP contribution in [0.4, 0.5) is 0 Å². The first-order valence-electron chi connectivity index (χ1n) is 10.2. The quantitative estimate of drug-likeness (QED) is 0.543. The first-order valence-corrected chi connectivity index (χ1v) is 12.0. The Morgan fingerprint density at radius 2 is 1.78 bits per heavy atom. The van der Waals surface area contributed by atoms with Gasteiger partial charge in [-0.3, -0.25) is 0 Å². The van der Waals surface area contributed by atoms with E-state index in [0.717, 1.165) is 22.9 Å². The molecule has 1 unspecified atom stereocenters. The molecule has 0 saturated carbocycles. The van der Waals surface area contributed by atoms with Gasteiger partial charge in [0.1, 0.15) is 5.75 Å². The van der Waals surface area contributed by atoms with Gasteiger partial charge in [-0.25, -0.2) is 8.42 Å². The number of nitrogens with zero attached hydrogens (tertiary/aromatic N) is 2. The molecule has 0 spiro atoms. The van der Waals surface area contributed by atoms with Gasteiger partial charge in [-0.05, 0) is 75.2 Å². The smallest absolute Gasteiger partial charge is 0.373 e. The molecule has 2 heterocycles. The molecule has 1 aliphatic heterocycles. The van der Waals surface area contributed by atoms with E-state index in [1.54, 1.807) is 28.6 Å². The molecule has 3 aromatic rings. The van der Waals surface area contributed by atoms with Crippen LogP contribution in [0, 0.1) is 6.92 Å². The molecule has 9 heteroatoms. The third kappa shape index (κ3) is 5.05. The van der Waals surface area contributed by atoms with Gasteiger partial charge in [0.2, 0.25) is 10.0 Å². The van der Waals surface area contributed by atoms with Gasteiger partial charge >= 0.3 is 6.15 Å². The molecule has 0 bridgehead atoms. The number of aryl methyl sites for hydroxylation is 1. The minimum atomic E-state index is -3.53. The zero-order valence-corrected chi connectivity index (χ0v) is 19.7. The Bertz CT molecular complexity index is 1230. The van der Waals surface area contributed by atoms with Crippen molar-refractivity contribution in [2.24, 2.45) is 0 Å². The minimum Gasteiger partial charge on any atom is -0.491 e. The van der Waals surface area contributed by atoms with Crippen LogP contribution in [0.2, 0.25) is 5.02 Å². The molecule has 170 valence electrons. The number of sulfonamides is 1. The molecule has 2 aromatic carbocycles. The molecular weight excluding hydrogens is 452 g/mol. The Morgan fingerprint density at radius 3 is 2.41 bits per heavy atom. The van der Waals surface area contributed by atoms with Crippen molar-refractivity contribution < 1.29 is 22.7 Å². The third-order valence-electron chi connectivity index (χ3n) is 5.35. The van der Waals surface area contributed by atoms with E-state index in [9.17, 15) is 8.42 Å². The van der Waals surface area contributed by atoms with E-state index in [4.69, 9.17) is 25.9 Å². The highest BCUT2D eigenvalue weighted by Crippen LogP contribution is 2.33. The standard InChI is InChI=1S/C22H25ClN2O3S.CO2/c1-15(2)28-19-5-7-20(8-6-19)29(26,27)24-11-10-18(14-24)25-13-16(3)21-12-17(23)4-9-22(21)25;2-1-3/h4-9,12-13,15,18H,10-11,14H2,1-3H3;. The number of rotatable bonds is 5. The predicted molar refractivity (Wildman–Crippen MR) is 121 cm³/mol. The second kappa shape index (κ2) is 9.88. The lowest BCUT2D eigenvalue weighted by molar-refractivity contribution is -0.191. The van der Waals surface area contributed by atoms with E-state index >= 15 is 0 Å². The van der Waals surface area contributed by atoms with E-state index in [1.165, 1.54) is 0 Å². The maximum Gasteiger partial charge on any atom is 0.373 e. The number of fused-ring (bicyclic) bond motifs is 1. The summed E-state index contributed by atoms with van der Waals surface area (Å²) in [5.41, 5.74) is 2.23. The molecule has 0 amide bonds. The Morgan fingerprint density at radius 1 is 1.12 bits per heavy atom. The highest BCUT2D eigenvalue weighted by atomic mass is 35.5. The van der Waals surface area contributed by atoms with E-state index in [1.807, 2.05) is 32.0 Å². The molecule has 1 aromatic heterocycles. The van der Waals surface area contributed by atoms with Gasteiger partial charge in [0.25, 0.3) is 0 Å². The summed E-state index contributed by atoms with van der Waals surface area (Å²) in [5, 5.41) is 1.82. The van der Waals surface area contributed by atoms with Crippen LogP contribution in [-0.2, 0) is 19.6 Å². The summed E-state index contributed by atoms with van der Waals surface area (Å²) in [6.07, 6.45) is 3.17. The number of carbonyl (C=O) groups excluding carboxylic acids is 2. The Balaban J connectivity index is 0.000000913. The zero-order chi connectivity index (χ0) is 23.5. The van der Waals surface area contributed by atoms with E-state index < -0.39 is 10.0 Å². The van der Waals surface area contributed by atoms with Crippen LogP contribution in [0.15, 0.2) is 53.6 Å². The predicted octanol–water partition coefficient (Wildman–Crippen LogP) is 4.44. The van der Waals surface area contributed by atoms with Crippen LogP contribution in [0.3, 0.4) is 0 Å². The fourth-order valence-electron chi connectivity index (χ4n) is 3.97. The summed E-state index contributed by atoms with van der Waals surface area (Å²) in [6, 6.07) is 12.6. The summed E-state index contributed by atoms with van der Waals surface area (Å²) in [6.45, 7) is 6.90. The molecule has 0 aliphatic carbocycles. The van der Waals surface area contributed by atoms with Crippen LogP contribution >= 0.6 is 11.6 Å². The van der Waals surface area contributed by atoms with Gasteiger partial charge in [-0.1, -0.05) is 11.6 Å². The van der Waals surface area contributed by atoms with Gasteiger partial charge in [-0.2, -0.15) is 13.9 Å². The van der Waals surface area contributed by atoms with Crippen molar-refractivity contribution >= 4 is 38.7 Å². The minimum absolute atomic E-state index is 0.0477. The number of aromatic nitrogens is 1. The van der Waals surface area contributed by atoms with Crippen molar-refractivity contribution in [2.45, 2.75) is 44.2 Å². The molecule has 1 saturated heterocycles. The van der Waals surface area contributed by atoms with Gasteiger partial charge in [0.05, 0.1) is 11.0 Å². The van der Waals surface area contributed by atoms with Gasteiger partial charge in [-0.15, -0.1) is 0 Å².